The van der Waals surface area contributed by atoms with Crippen molar-refractivity contribution < 1.29 is 9.50 Å². The summed E-state index contributed by atoms with van der Waals surface area (Å²) in [6.07, 6.45) is 0.137. The van der Waals surface area contributed by atoms with Crippen LogP contribution >= 0.6 is 24.0 Å². The molecule has 0 aliphatic carbocycles. The van der Waals surface area contributed by atoms with Crippen LogP contribution in [-0.4, -0.2) is 40.3 Å². The van der Waals surface area contributed by atoms with Gasteiger partial charge in [-0.05, 0) is 50.1 Å². The molecule has 3 N–H and O–H groups in total. The van der Waals surface area contributed by atoms with Crippen molar-refractivity contribution >= 4 is 41.0 Å². The number of imidazole rings is 1. The molecule has 3 rings (SSSR count). The maximum Gasteiger partial charge on any atom is 0.191 e. The highest BCUT2D eigenvalue weighted by atomic mass is 127. The highest BCUT2D eigenvalue weighted by Gasteiger charge is 2.08. The molecule has 1 heterocycles. The Hall–Kier alpha value is -2.20. The third kappa shape index (κ3) is 6.40. The zero-order valence-electron chi connectivity index (χ0n) is 17.3. The molecule has 1 unspecified atom stereocenters. The fourth-order valence-electron chi connectivity index (χ4n) is 3.23. The molecular weight excluding hydrogens is 496 g/mol. The number of guanidine groups is 1. The number of benzene rings is 2. The fraction of sp³-hybridized carbons (Fsp3) is 0.364. The van der Waals surface area contributed by atoms with Gasteiger partial charge in [0.25, 0.3) is 0 Å². The lowest BCUT2D eigenvalue weighted by molar-refractivity contribution is 0.187. The van der Waals surface area contributed by atoms with Crippen molar-refractivity contribution in [3.8, 4) is 0 Å². The summed E-state index contributed by atoms with van der Waals surface area (Å²) in [5, 5.41) is 16.7. The van der Waals surface area contributed by atoms with Crippen LogP contribution in [-0.2, 0) is 6.54 Å². The summed E-state index contributed by atoms with van der Waals surface area (Å²) in [6.45, 7) is 6.54. The third-order valence-corrected chi connectivity index (χ3v) is 4.72. The Balaban J connectivity index is 0.00000320. The quantitative estimate of drug-likeness (QED) is 0.181. The first-order chi connectivity index (χ1) is 14.1. The average molecular weight is 525 g/mol. The monoisotopic (exact) mass is 525 g/mol. The van der Waals surface area contributed by atoms with Gasteiger partial charge >= 0.3 is 0 Å². The van der Waals surface area contributed by atoms with Crippen LogP contribution in [0.1, 0.15) is 30.8 Å². The largest absolute Gasteiger partial charge is 0.386 e. The van der Waals surface area contributed by atoms with E-state index >= 15 is 0 Å². The third-order valence-electron chi connectivity index (χ3n) is 4.72. The maximum atomic E-state index is 13.0. The molecule has 3 aromatic rings. The number of hydrogen-bond acceptors (Lipinski definition) is 3. The molecule has 2 aromatic carbocycles. The van der Waals surface area contributed by atoms with E-state index in [9.17, 15) is 9.50 Å². The minimum atomic E-state index is -0.772. The van der Waals surface area contributed by atoms with E-state index < -0.39 is 6.10 Å². The summed E-state index contributed by atoms with van der Waals surface area (Å²) in [5.74, 6) is 1.34. The minimum absolute atomic E-state index is 0. The molecule has 0 spiro atoms. The van der Waals surface area contributed by atoms with Crippen LogP contribution in [0.5, 0.6) is 0 Å². The van der Waals surface area contributed by atoms with Gasteiger partial charge in [0, 0.05) is 19.6 Å². The van der Waals surface area contributed by atoms with Gasteiger partial charge in [0.15, 0.2) is 5.96 Å². The van der Waals surface area contributed by atoms with Crippen molar-refractivity contribution in [3.05, 3.63) is 65.7 Å². The molecule has 1 aromatic heterocycles. The Morgan fingerprint density at radius 1 is 1.17 bits per heavy atom. The van der Waals surface area contributed by atoms with E-state index in [1.54, 1.807) is 12.1 Å². The zero-order chi connectivity index (χ0) is 20.6. The molecule has 8 heteroatoms. The van der Waals surface area contributed by atoms with Gasteiger partial charge in [0.1, 0.15) is 11.6 Å². The van der Waals surface area contributed by atoms with Gasteiger partial charge in [0.05, 0.1) is 23.7 Å². The Kier molecular flexibility index (Phi) is 9.51. The molecule has 0 saturated carbocycles. The number of nitrogens with one attached hydrogen (secondary N) is 2. The van der Waals surface area contributed by atoms with Gasteiger partial charge in [-0.2, -0.15) is 0 Å². The SMILES string of the molecule is CCNC(=NCC(O)c1ccc(F)cc1)NCCCn1c(C)nc2ccccc21.I. The molecule has 0 saturated heterocycles. The van der Waals surface area contributed by atoms with E-state index in [2.05, 4.69) is 31.2 Å². The Morgan fingerprint density at radius 3 is 2.63 bits per heavy atom. The van der Waals surface area contributed by atoms with Crippen molar-refractivity contribution in [2.45, 2.75) is 32.9 Å². The second-order valence-electron chi connectivity index (χ2n) is 6.87. The number of aryl methyl sites for hydroxylation is 2. The van der Waals surface area contributed by atoms with Gasteiger partial charge < -0.3 is 20.3 Å². The molecule has 0 amide bonds. The predicted molar refractivity (Wildman–Crippen MR) is 130 cm³/mol. The fourth-order valence-corrected chi connectivity index (χ4v) is 3.23. The number of fused-ring (bicyclic) bond motifs is 1. The van der Waals surface area contributed by atoms with Crippen LogP contribution in [0.3, 0.4) is 0 Å². The lowest BCUT2D eigenvalue weighted by Crippen LogP contribution is -2.38. The molecule has 0 radical (unpaired) electrons. The lowest BCUT2D eigenvalue weighted by Gasteiger charge is -2.14. The molecule has 162 valence electrons. The van der Waals surface area contributed by atoms with Crippen LogP contribution in [0, 0.1) is 12.7 Å². The van der Waals surface area contributed by atoms with E-state index in [0.717, 1.165) is 42.9 Å². The maximum absolute atomic E-state index is 13.0. The highest BCUT2D eigenvalue weighted by Crippen LogP contribution is 2.16. The standard InChI is InChI=1S/C22H28FN5O.HI/c1-3-24-22(26-15-21(29)17-9-11-18(23)12-10-17)25-13-6-14-28-16(2)27-19-7-4-5-8-20(19)28;/h4-5,7-12,21,29H,3,6,13-15H2,1-2H3,(H2,24,25,26);1H. The number of nitrogens with zero attached hydrogens (tertiary/aromatic N) is 3. The summed E-state index contributed by atoms with van der Waals surface area (Å²) < 4.78 is 15.2. The van der Waals surface area contributed by atoms with Crippen LogP contribution < -0.4 is 10.6 Å². The smallest absolute Gasteiger partial charge is 0.191 e. The van der Waals surface area contributed by atoms with E-state index in [4.69, 9.17) is 0 Å². The van der Waals surface area contributed by atoms with Crippen LogP contribution in [0.2, 0.25) is 0 Å². The van der Waals surface area contributed by atoms with Crippen LogP contribution in [0.15, 0.2) is 53.5 Å². The van der Waals surface area contributed by atoms with Crippen LogP contribution in [0.4, 0.5) is 4.39 Å². The van der Waals surface area contributed by atoms with Gasteiger partial charge in [-0.25, -0.2) is 9.37 Å². The molecule has 0 aliphatic rings. The normalized spacial score (nSPS) is 12.5. The van der Waals surface area contributed by atoms with E-state index in [0.29, 0.717) is 11.5 Å². The Labute approximate surface area is 193 Å². The Morgan fingerprint density at radius 2 is 1.90 bits per heavy atom. The van der Waals surface area contributed by atoms with Crippen molar-refractivity contribution in [2.24, 2.45) is 4.99 Å². The number of hydrogen-bond donors (Lipinski definition) is 3. The number of halogens is 2. The number of aliphatic hydroxyl groups is 1. The zero-order valence-corrected chi connectivity index (χ0v) is 19.6. The van der Waals surface area contributed by atoms with Crippen molar-refractivity contribution in [3.63, 3.8) is 0 Å². The van der Waals surface area contributed by atoms with Crippen molar-refractivity contribution in [1.82, 2.24) is 20.2 Å². The van der Waals surface area contributed by atoms with E-state index in [1.165, 1.54) is 12.1 Å². The van der Waals surface area contributed by atoms with Crippen molar-refractivity contribution in [1.29, 1.82) is 0 Å². The van der Waals surface area contributed by atoms with Crippen LogP contribution in [0.25, 0.3) is 11.0 Å². The summed E-state index contributed by atoms with van der Waals surface area (Å²) in [4.78, 5) is 9.04. The summed E-state index contributed by atoms with van der Waals surface area (Å²) in [5.41, 5.74) is 2.81. The molecule has 6 nitrogen and oxygen atoms in total. The second-order valence-corrected chi connectivity index (χ2v) is 6.87. The topological polar surface area (TPSA) is 74.5 Å². The summed E-state index contributed by atoms with van der Waals surface area (Å²) >= 11 is 0. The average Bonchev–Trinajstić information content (AvgIpc) is 3.04. The summed E-state index contributed by atoms with van der Waals surface area (Å²) in [7, 11) is 0. The van der Waals surface area contributed by atoms with Gasteiger partial charge in [0.2, 0.25) is 0 Å². The first-order valence-electron chi connectivity index (χ1n) is 9.96. The van der Waals surface area contributed by atoms with Gasteiger partial charge in [-0.1, -0.05) is 24.3 Å². The number of aliphatic hydroxyl groups excluding tert-OH is 1. The number of aliphatic imine (C=N–C) groups is 1. The highest BCUT2D eigenvalue weighted by molar-refractivity contribution is 14.0. The number of aromatic nitrogens is 2. The van der Waals surface area contributed by atoms with E-state index in [-0.39, 0.29) is 36.3 Å². The molecule has 1 atom stereocenters. The molecule has 0 aliphatic heterocycles. The van der Waals surface area contributed by atoms with Gasteiger partial charge in [-0.15, -0.1) is 24.0 Å². The first-order valence-corrected chi connectivity index (χ1v) is 9.96. The first kappa shape index (κ1) is 24.1. The predicted octanol–water partition coefficient (Wildman–Crippen LogP) is 3.78. The lowest BCUT2D eigenvalue weighted by atomic mass is 10.1. The molecular formula is C22H29FIN5O. The molecule has 0 fully saturated rings. The summed E-state index contributed by atoms with van der Waals surface area (Å²) in [6, 6.07) is 14.0. The number of rotatable bonds is 8. The van der Waals surface area contributed by atoms with E-state index in [1.807, 2.05) is 32.0 Å². The molecule has 30 heavy (non-hydrogen) atoms. The second kappa shape index (κ2) is 11.8. The van der Waals surface area contributed by atoms with Crippen molar-refractivity contribution in [2.75, 3.05) is 19.6 Å². The number of para-hydroxylation sites is 2. The minimum Gasteiger partial charge on any atom is -0.386 e. The van der Waals surface area contributed by atoms with Gasteiger partial charge in [-0.3, -0.25) is 4.99 Å². The Bertz CT molecular complexity index is 958. The molecule has 0 bridgehead atoms.